The maximum Gasteiger partial charge on any atom is 0.269 e. The summed E-state index contributed by atoms with van der Waals surface area (Å²) in [7, 11) is 0. The van der Waals surface area contributed by atoms with Gasteiger partial charge in [0, 0.05) is 17.8 Å². The Hall–Kier alpha value is -1.69. The van der Waals surface area contributed by atoms with Crippen molar-refractivity contribution in [2.24, 2.45) is 0 Å². The predicted octanol–water partition coefficient (Wildman–Crippen LogP) is 8.57. The van der Waals surface area contributed by atoms with E-state index in [-0.39, 0.29) is 5.69 Å². The quantitative estimate of drug-likeness (QED) is 0.0989. The predicted molar refractivity (Wildman–Crippen MR) is 135 cm³/mol. The molecule has 0 amide bonds. The van der Waals surface area contributed by atoms with Crippen molar-refractivity contribution >= 4 is 28.8 Å². The second-order valence-corrected chi connectivity index (χ2v) is 8.74. The van der Waals surface area contributed by atoms with E-state index in [9.17, 15) is 10.1 Å². The van der Waals surface area contributed by atoms with Gasteiger partial charge in [0.1, 0.15) is 0 Å². The van der Waals surface area contributed by atoms with E-state index in [4.69, 9.17) is 17.0 Å². The number of anilines is 1. The van der Waals surface area contributed by atoms with Crippen LogP contribution in [0.3, 0.4) is 0 Å². The summed E-state index contributed by atoms with van der Waals surface area (Å²) in [6.45, 7) is 2.88. The molecule has 176 valence electrons. The van der Waals surface area contributed by atoms with Crippen LogP contribution in [0.1, 0.15) is 110 Å². The van der Waals surface area contributed by atoms with E-state index in [0.29, 0.717) is 17.5 Å². The highest BCUT2D eigenvalue weighted by Gasteiger charge is 2.05. The molecule has 31 heavy (non-hydrogen) atoms. The van der Waals surface area contributed by atoms with Crippen LogP contribution in [0.4, 0.5) is 11.4 Å². The molecule has 1 rings (SSSR count). The van der Waals surface area contributed by atoms with E-state index in [0.717, 1.165) is 12.8 Å². The first kappa shape index (κ1) is 27.3. The summed E-state index contributed by atoms with van der Waals surface area (Å²) in [5.41, 5.74) is 0.758. The van der Waals surface area contributed by atoms with Crippen LogP contribution >= 0.6 is 12.2 Å². The SMILES string of the molecule is CCCCCCCCCCCCCCCCCCOC(=S)Nc1ccc([N+](=O)[O-])cc1. The Balaban J connectivity index is 1.84. The van der Waals surface area contributed by atoms with Crippen LogP contribution in [-0.4, -0.2) is 16.7 Å². The van der Waals surface area contributed by atoms with Crippen molar-refractivity contribution < 1.29 is 9.66 Å². The molecule has 0 bridgehead atoms. The van der Waals surface area contributed by atoms with E-state index in [1.807, 2.05) is 0 Å². The van der Waals surface area contributed by atoms with Gasteiger partial charge in [-0.2, -0.15) is 0 Å². The van der Waals surface area contributed by atoms with Crippen LogP contribution in [0.25, 0.3) is 0 Å². The van der Waals surface area contributed by atoms with E-state index < -0.39 is 4.92 Å². The van der Waals surface area contributed by atoms with Gasteiger partial charge in [0.2, 0.25) is 0 Å². The molecule has 1 N–H and O–H groups in total. The average molecular weight is 451 g/mol. The van der Waals surface area contributed by atoms with Crippen molar-refractivity contribution in [3.63, 3.8) is 0 Å². The Labute approximate surface area is 194 Å². The lowest BCUT2D eigenvalue weighted by molar-refractivity contribution is -0.384. The van der Waals surface area contributed by atoms with Crippen molar-refractivity contribution in [3.05, 3.63) is 34.4 Å². The fourth-order valence-corrected chi connectivity index (χ4v) is 3.84. The van der Waals surface area contributed by atoms with E-state index in [2.05, 4.69) is 12.2 Å². The minimum absolute atomic E-state index is 0.0607. The highest BCUT2D eigenvalue weighted by Crippen LogP contribution is 2.16. The number of unbranched alkanes of at least 4 members (excludes halogenated alkanes) is 15. The fourth-order valence-electron chi connectivity index (χ4n) is 3.64. The molecule has 1 aromatic rings. The van der Waals surface area contributed by atoms with E-state index in [1.54, 1.807) is 12.1 Å². The summed E-state index contributed by atoms with van der Waals surface area (Å²) in [6, 6.07) is 6.14. The van der Waals surface area contributed by atoms with Crippen molar-refractivity contribution in [3.8, 4) is 0 Å². The molecule has 1 aromatic carbocycles. The largest absolute Gasteiger partial charge is 0.471 e. The zero-order chi connectivity index (χ0) is 22.6. The Morgan fingerprint density at radius 2 is 1.23 bits per heavy atom. The molecule has 0 aliphatic carbocycles. The number of rotatable bonds is 19. The lowest BCUT2D eigenvalue weighted by atomic mass is 10.0. The average Bonchev–Trinajstić information content (AvgIpc) is 2.76. The van der Waals surface area contributed by atoms with Gasteiger partial charge in [0.15, 0.2) is 0 Å². The molecule has 0 aliphatic rings. The number of non-ortho nitro benzene ring substituents is 1. The second-order valence-electron chi connectivity index (χ2n) is 8.37. The van der Waals surface area contributed by atoms with Crippen LogP contribution in [0.2, 0.25) is 0 Å². The van der Waals surface area contributed by atoms with Crippen molar-refractivity contribution in [2.75, 3.05) is 11.9 Å². The standard InChI is InChI=1S/C25H42N2O3S/c1-2-3-4-5-6-7-8-9-10-11-12-13-14-15-16-17-22-30-25(31)26-23-18-20-24(21-19-23)27(28)29/h18-21H,2-17,22H2,1H3,(H,26,31). The van der Waals surface area contributed by atoms with Gasteiger partial charge in [-0.05, 0) is 30.8 Å². The first-order valence-corrected chi connectivity index (χ1v) is 12.7. The number of benzene rings is 1. The Morgan fingerprint density at radius 1 is 0.806 bits per heavy atom. The maximum absolute atomic E-state index is 10.7. The van der Waals surface area contributed by atoms with Gasteiger partial charge >= 0.3 is 0 Å². The first-order valence-electron chi connectivity index (χ1n) is 12.3. The topological polar surface area (TPSA) is 64.4 Å². The zero-order valence-electron chi connectivity index (χ0n) is 19.4. The summed E-state index contributed by atoms with van der Waals surface area (Å²) < 4.78 is 5.53. The third-order valence-corrected chi connectivity index (χ3v) is 5.78. The van der Waals surface area contributed by atoms with Crippen LogP contribution in [0.15, 0.2) is 24.3 Å². The number of nitro benzene ring substituents is 1. The van der Waals surface area contributed by atoms with Crippen molar-refractivity contribution in [1.29, 1.82) is 0 Å². The number of hydrogen-bond acceptors (Lipinski definition) is 4. The highest BCUT2D eigenvalue weighted by molar-refractivity contribution is 7.80. The van der Waals surface area contributed by atoms with Crippen LogP contribution in [0.5, 0.6) is 0 Å². The molecule has 6 heteroatoms. The number of hydrogen-bond donors (Lipinski definition) is 1. The fraction of sp³-hybridized carbons (Fsp3) is 0.720. The molecule has 0 heterocycles. The van der Waals surface area contributed by atoms with Gasteiger partial charge in [-0.15, -0.1) is 0 Å². The minimum Gasteiger partial charge on any atom is -0.471 e. The minimum atomic E-state index is -0.421. The summed E-state index contributed by atoms with van der Waals surface area (Å²) in [4.78, 5) is 10.2. The smallest absolute Gasteiger partial charge is 0.269 e. The van der Waals surface area contributed by atoms with Crippen LogP contribution < -0.4 is 5.32 Å². The van der Waals surface area contributed by atoms with Crippen LogP contribution in [0, 0.1) is 10.1 Å². The number of ether oxygens (including phenoxy) is 1. The summed E-state index contributed by atoms with van der Waals surface area (Å²) >= 11 is 5.16. The molecule has 0 unspecified atom stereocenters. The number of thiocarbonyl (C=S) groups is 1. The van der Waals surface area contributed by atoms with E-state index in [1.165, 1.54) is 102 Å². The van der Waals surface area contributed by atoms with Crippen LogP contribution in [-0.2, 0) is 4.74 Å². The molecule has 0 fully saturated rings. The van der Waals surface area contributed by atoms with Gasteiger partial charge < -0.3 is 10.1 Å². The van der Waals surface area contributed by atoms with Crippen molar-refractivity contribution in [2.45, 2.75) is 110 Å². The Bertz CT molecular complexity index is 593. The molecule has 0 aromatic heterocycles. The number of nitrogens with zero attached hydrogens (tertiary/aromatic N) is 1. The van der Waals surface area contributed by atoms with Gasteiger partial charge in [-0.25, -0.2) is 0 Å². The second kappa shape index (κ2) is 19.0. The molecule has 0 aliphatic heterocycles. The lowest BCUT2D eigenvalue weighted by Gasteiger charge is -2.09. The zero-order valence-corrected chi connectivity index (χ0v) is 20.2. The Kier molecular flexibility index (Phi) is 16.8. The number of nitrogens with one attached hydrogen (secondary N) is 1. The Morgan fingerprint density at radius 3 is 1.65 bits per heavy atom. The molecule has 0 atom stereocenters. The van der Waals surface area contributed by atoms with Gasteiger partial charge in [-0.1, -0.05) is 103 Å². The molecular weight excluding hydrogens is 408 g/mol. The van der Waals surface area contributed by atoms with Gasteiger partial charge in [0.25, 0.3) is 10.9 Å². The van der Waals surface area contributed by atoms with E-state index >= 15 is 0 Å². The maximum atomic E-state index is 10.7. The molecule has 5 nitrogen and oxygen atoms in total. The molecule has 0 radical (unpaired) electrons. The monoisotopic (exact) mass is 450 g/mol. The summed E-state index contributed by atoms with van der Waals surface area (Å²) in [6.07, 6.45) is 21.5. The third-order valence-electron chi connectivity index (χ3n) is 5.56. The van der Waals surface area contributed by atoms with Gasteiger partial charge in [0.05, 0.1) is 11.5 Å². The first-order chi connectivity index (χ1) is 15.1. The molecular formula is C25H42N2O3S. The normalized spacial score (nSPS) is 10.7. The third kappa shape index (κ3) is 15.7. The van der Waals surface area contributed by atoms with Gasteiger partial charge in [-0.3, -0.25) is 10.1 Å². The summed E-state index contributed by atoms with van der Waals surface area (Å²) in [5, 5.41) is 13.9. The highest BCUT2D eigenvalue weighted by atomic mass is 32.1. The number of nitro groups is 1. The molecule has 0 spiro atoms. The molecule has 0 saturated heterocycles. The lowest BCUT2D eigenvalue weighted by Crippen LogP contribution is -2.14. The molecule has 0 saturated carbocycles. The van der Waals surface area contributed by atoms with Crippen molar-refractivity contribution in [1.82, 2.24) is 0 Å². The summed E-state index contributed by atoms with van der Waals surface area (Å²) in [5.74, 6) is 0.